The monoisotopic (exact) mass is 451 g/mol. The number of hydrogen-bond acceptors (Lipinski definition) is 5. The van der Waals surface area contributed by atoms with Crippen molar-refractivity contribution in [1.82, 2.24) is 9.55 Å². The van der Waals surface area contributed by atoms with Gasteiger partial charge in [0.1, 0.15) is 10.6 Å². The number of benzene rings is 1. The molecule has 2 heterocycles. The van der Waals surface area contributed by atoms with Gasteiger partial charge in [-0.1, -0.05) is 30.3 Å². The Morgan fingerprint density at radius 2 is 2.24 bits per heavy atom. The van der Waals surface area contributed by atoms with Crippen LogP contribution in [0.25, 0.3) is 10.2 Å². The molecule has 1 amide bonds. The van der Waals surface area contributed by atoms with Gasteiger partial charge in [0.25, 0.3) is 5.56 Å². The van der Waals surface area contributed by atoms with Gasteiger partial charge in [-0.25, -0.2) is 9.37 Å². The van der Waals surface area contributed by atoms with Crippen LogP contribution in [0.5, 0.6) is 0 Å². The fourth-order valence-corrected chi connectivity index (χ4v) is 5.80. The third kappa shape index (κ3) is 4.06. The minimum Gasteiger partial charge on any atom is -0.323 e. The van der Waals surface area contributed by atoms with E-state index in [1.165, 1.54) is 34.8 Å². The van der Waals surface area contributed by atoms with E-state index in [9.17, 15) is 14.0 Å². The number of aryl methyl sites for hydroxylation is 2. The lowest BCUT2D eigenvalue weighted by molar-refractivity contribution is -0.113. The molecule has 1 N–H and O–H groups in total. The van der Waals surface area contributed by atoms with Gasteiger partial charge in [0.05, 0.1) is 16.8 Å². The maximum Gasteiger partial charge on any atom is 0.263 e. The Balaban J connectivity index is 1.58. The number of fused-ring (bicyclic) bond motifs is 3. The van der Waals surface area contributed by atoms with E-state index >= 15 is 0 Å². The van der Waals surface area contributed by atoms with Gasteiger partial charge in [0, 0.05) is 16.4 Å². The molecule has 2 aromatic heterocycles. The van der Waals surface area contributed by atoms with Gasteiger partial charge in [0.15, 0.2) is 5.16 Å². The summed E-state index contributed by atoms with van der Waals surface area (Å²) in [6, 6.07) is 3.99. The van der Waals surface area contributed by atoms with Crippen molar-refractivity contribution in [3.05, 3.63) is 49.8 Å². The standard InChI is InChI=1S/C20H19ClFN3O2S2/c1-2-8-25-19(27)17-12-4-3-5-15(12)29-18(17)24-20(25)28-10-16(26)23-14-9-11(21)6-7-13(14)22/h6-7,9H,2-5,8,10H2,1H3,(H,23,26). The van der Waals surface area contributed by atoms with Gasteiger partial charge in [-0.15, -0.1) is 11.3 Å². The lowest BCUT2D eigenvalue weighted by Gasteiger charge is -2.12. The number of aromatic nitrogens is 2. The smallest absolute Gasteiger partial charge is 0.263 e. The molecule has 1 aliphatic rings. The largest absolute Gasteiger partial charge is 0.323 e. The molecule has 0 spiro atoms. The molecule has 5 nitrogen and oxygen atoms in total. The Kier molecular flexibility index (Phi) is 5.94. The van der Waals surface area contributed by atoms with Crippen LogP contribution in [0.1, 0.15) is 30.2 Å². The van der Waals surface area contributed by atoms with E-state index in [-0.39, 0.29) is 22.9 Å². The van der Waals surface area contributed by atoms with Gasteiger partial charge in [0.2, 0.25) is 5.91 Å². The highest BCUT2D eigenvalue weighted by atomic mass is 35.5. The van der Waals surface area contributed by atoms with Crippen molar-refractivity contribution in [2.45, 2.75) is 44.3 Å². The molecule has 1 aromatic carbocycles. The lowest BCUT2D eigenvalue weighted by Crippen LogP contribution is -2.24. The number of thioether (sulfide) groups is 1. The first-order chi connectivity index (χ1) is 14.0. The normalized spacial score (nSPS) is 13.1. The molecule has 0 saturated heterocycles. The quantitative estimate of drug-likeness (QED) is 0.428. The summed E-state index contributed by atoms with van der Waals surface area (Å²) in [6.07, 6.45) is 3.80. The number of thiophene rings is 1. The SMILES string of the molecule is CCCn1c(SCC(=O)Nc2cc(Cl)ccc2F)nc2sc3c(c2c1=O)CCC3. The topological polar surface area (TPSA) is 64.0 Å². The predicted octanol–water partition coefficient (Wildman–Crippen LogP) is 4.88. The molecule has 0 saturated carbocycles. The highest BCUT2D eigenvalue weighted by Gasteiger charge is 2.23. The second kappa shape index (κ2) is 8.45. The van der Waals surface area contributed by atoms with Gasteiger partial charge in [-0.2, -0.15) is 0 Å². The van der Waals surface area contributed by atoms with Gasteiger partial charge < -0.3 is 5.32 Å². The number of carbonyl (C=O) groups excluding carboxylic acids is 1. The Bertz CT molecular complexity index is 1160. The van der Waals surface area contributed by atoms with Crippen molar-refractivity contribution < 1.29 is 9.18 Å². The summed E-state index contributed by atoms with van der Waals surface area (Å²) in [7, 11) is 0. The van der Waals surface area contributed by atoms with E-state index in [1.54, 1.807) is 15.9 Å². The molecule has 9 heteroatoms. The maximum atomic E-state index is 13.8. The molecule has 4 rings (SSSR count). The first kappa shape index (κ1) is 20.4. The number of carbonyl (C=O) groups is 1. The lowest BCUT2D eigenvalue weighted by atomic mass is 10.2. The summed E-state index contributed by atoms with van der Waals surface area (Å²) in [4.78, 5) is 32.2. The van der Waals surface area contributed by atoms with Crippen LogP contribution in [-0.2, 0) is 24.2 Å². The molecule has 0 radical (unpaired) electrons. The van der Waals surface area contributed by atoms with Gasteiger partial charge >= 0.3 is 0 Å². The van der Waals surface area contributed by atoms with Crippen LogP contribution in [-0.4, -0.2) is 21.2 Å². The average molecular weight is 452 g/mol. The van der Waals surface area contributed by atoms with E-state index in [4.69, 9.17) is 16.6 Å². The molecule has 0 aliphatic heterocycles. The zero-order valence-electron chi connectivity index (χ0n) is 15.8. The average Bonchev–Trinajstić information content (AvgIpc) is 3.26. The number of nitrogens with zero attached hydrogens (tertiary/aromatic N) is 2. The number of hydrogen-bond donors (Lipinski definition) is 1. The molecule has 0 fully saturated rings. The van der Waals surface area contributed by atoms with Crippen LogP contribution in [0.4, 0.5) is 10.1 Å². The van der Waals surface area contributed by atoms with E-state index in [0.29, 0.717) is 16.7 Å². The van der Waals surface area contributed by atoms with Crippen LogP contribution in [0.15, 0.2) is 28.2 Å². The van der Waals surface area contributed by atoms with Crippen LogP contribution in [0.3, 0.4) is 0 Å². The minimum atomic E-state index is -0.553. The van der Waals surface area contributed by atoms with Crippen molar-refractivity contribution in [3.8, 4) is 0 Å². The predicted molar refractivity (Wildman–Crippen MR) is 117 cm³/mol. The van der Waals surface area contributed by atoms with E-state index in [0.717, 1.165) is 41.5 Å². The van der Waals surface area contributed by atoms with Gasteiger partial charge in [-0.3, -0.25) is 14.2 Å². The first-order valence-electron chi connectivity index (χ1n) is 9.40. The highest BCUT2D eigenvalue weighted by Crippen LogP contribution is 2.35. The third-order valence-electron chi connectivity index (χ3n) is 4.77. The second-order valence-electron chi connectivity index (χ2n) is 6.85. The number of anilines is 1. The maximum absolute atomic E-state index is 13.8. The molecule has 0 bridgehead atoms. The molecule has 1 aliphatic carbocycles. The molecule has 3 aromatic rings. The fourth-order valence-electron chi connectivity index (χ4n) is 3.50. The highest BCUT2D eigenvalue weighted by molar-refractivity contribution is 7.99. The summed E-state index contributed by atoms with van der Waals surface area (Å²) in [5.41, 5.74) is 1.16. The van der Waals surface area contributed by atoms with Crippen LogP contribution in [0.2, 0.25) is 5.02 Å². The second-order valence-corrected chi connectivity index (χ2v) is 9.31. The van der Waals surface area contributed by atoms with Crippen molar-refractivity contribution in [2.75, 3.05) is 11.1 Å². The Labute approximate surface area is 180 Å². The van der Waals surface area contributed by atoms with Crippen molar-refractivity contribution in [1.29, 1.82) is 0 Å². The zero-order chi connectivity index (χ0) is 20.5. The van der Waals surface area contributed by atoms with Crippen molar-refractivity contribution in [3.63, 3.8) is 0 Å². The number of nitrogens with one attached hydrogen (secondary N) is 1. The summed E-state index contributed by atoms with van der Waals surface area (Å²) >= 11 is 8.63. The number of rotatable bonds is 6. The van der Waals surface area contributed by atoms with Crippen LogP contribution >= 0.6 is 34.7 Å². The fraction of sp³-hybridized carbons (Fsp3) is 0.350. The Morgan fingerprint density at radius 1 is 1.41 bits per heavy atom. The third-order valence-corrected chi connectivity index (χ3v) is 7.17. The van der Waals surface area contributed by atoms with E-state index in [1.807, 2.05) is 6.92 Å². The Morgan fingerprint density at radius 3 is 3.03 bits per heavy atom. The summed E-state index contributed by atoms with van der Waals surface area (Å²) in [5, 5.41) is 4.12. The molecule has 29 heavy (non-hydrogen) atoms. The molecular weight excluding hydrogens is 433 g/mol. The van der Waals surface area contributed by atoms with E-state index < -0.39 is 5.82 Å². The first-order valence-corrected chi connectivity index (χ1v) is 11.6. The molecule has 152 valence electrons. The Hall–Kier alpha value is -1.90. The minimum absolute atomic E-state index is 0.0126. The summed E-state index contributed by atoms with van der Waals surface area (Å²) < 4.78 is 15.5. The van der Waals surface area contributed by atoms with Gasteiger partial charge in [-0.05, 0) is 49.4 Å². The van der Waals surface area contributed by atoms with Crippen LogP contribution < -0.4 is 10.9 Å². The van der Waals surface area contributed by atoms with Crippen molar-refractivity contribution in [2.24, 2.45) is 0 Å². The molecule has 0 unspecified atom stereocenters. The summed E-state index contributed by atoms with van der Waals surface area (Å²) in [5.74, 6) is -0.927. The summed E-state index contributed by atoms with van der Waals surface area (Å²) in [6.45, 7) is 2.54. The van der Waals surface area contributed by atoms with Crippen molar-refractivity contribution >= 4 is 56.5 Å². The number of amides is 1. The molecular formula is C20H19ClFN3O2S2. The van der Waals surface area contributed by atoms with Crippen LogP contribution in [0, 0.1) is 5.82 Å². The molecule has 0 atom stereocenters. The zero-order valence-corrected chi connectivity index (χ0v) is 18.1. The van der Waals surface area contributed by atoms with E-state index in [2.05, 4.69) is 5.32 Å². The number of halogens is 2.